The third kappa shape index (κ3) is 1.90. The number of carbonyl (C=O) groups excluding carboxylic acids is 2. The van der Waals surface area contributed by atoms with E-state index >= 15 is 0 Å². The molecule has 0 heterocycles. The zero-order chi connectivity index (χ0) is 14.3. The smallest absolute Gasteiger partial charge is 0.160 e. The second-order valence-corrected chi connectivity index (χ2v) is 5.02. The van der Waals surface area contributed by atoms with Gasteiger partial charge >= 0.3 is 0 Å². The first kappa shape index (κ1) is 12.5. The Labute approximate surface area is 117 Å². The van der Waals surface area contributed by atoms with E-state index in [1.807, 2.05) is 48.5 Å². The maximum absolute atomic E-state index is 11.7. The van der Waals surface area contributed by atoms with Crippen LogP contribution in [0.2, 0.25) is 0 Å². The van der Waals surface area contributed by atoms with Crippen LogP contribution in [0.1, 0.15) is 34.6 Å². The summed E-state index contributed by atoms with van der Waals surface area (Å²) in [5, 5.41) is 3.85. The Balaban J connectivity index is 2.46. The van der Waals surface area contributed by atoms with E-state index in [9.17, 15) is 9.59 Å². The Morgan fingerprint density at radius 1 is 0.700 bits per heavy atom. The topological polar surface area (TPSA) is 34.1 Å². The Morgan fingerprint density at radius 2 is 1.10 bits per heavy atom. The van der Waals surface area contributed by atoms with Crippen LogP contribution in [0.15, 0.2) is 48.5 Å². The predicted octanol–water partition coefficient (Wildman–Crippen LogP) is 4.40. The van der Waals surface area contributed by atoms with Crippen molar-refractivity contribution in [1.82, 2.24) is 0 Å². The molecule has 0 N–H and O–H groups in total. The molecule has 20 heavy (non-hydrogen) atoms. The molecule has 3 rings (SSSR count). The lowest BCUT2D eigenvalue weighted by molar-refractivity contribution is 0.101. The van der Waals surface area contributed by atoms with Crippen LogP contribution in [0.3, 0.4) is 0 Å². The average molecular weight is 262 g/mol. The lowest BCUT2D eigenvalue weighted by Crippen LogP contribution is -1.96. The van der Waals surface area contributed by atoms with Crippen molar-refractivity contribution in [3.63, 3.8) is 0 Å². The molecule has 0 saturated carbocycles. The quantitative estimate of drug-likeness (QED) is 0.506. The molecule has 0 amide bonds. The highest BCUT2D eigenvalue weighted by atomic mass is 16.1. The van der Waals surface area contributed by atoms with Gasteiger partial charge in [0.05, 0.1) is 0 Å². The monoisotopic (exact) mass is 262 g/mol. The highest BCUT2D eigenvalue weighted by Gasteiger charge is 2.10. The number of hydrogen-bond acceptors (Lipinski definition) is 2. The normalized spacial score (nSPS) is 10.9. The summed E-state index contributed by atoms with van der Waals surface area (Å²) >= 11 is 0. The minimum Gasteiger partial charge on any atom is -0.294 e. The molecule has 0 aromatic heterocycles. The molecule has 0 aliphatic heterocycles. The van der Waals surface area contributed by atoms with Crippen molar-refractivity contribution < 1.29 is 9.59 Å². The molecule has 0 aliphatic carbocycles. The summed E-state index contributed by atoms with van der Waals surface area (Å²) in [6.45, 7) is 3.15. The Kier molecular flexibility index (Phi) is 2.87. The molecule has 0 aliphatic rings. The van der Waals surface area contributed by atoms with E-state index < -0.39 is 0 Å². The molecule has 2 nitrogen and oxygen atoms in total. The van der Waals surface area contributed by atoms with Crippen LogP contribution in [0, 0.1) is 0 Å². The van der Waals surface area contributed by atoms with E-state index in [1.54, 1.807) is 13.8 Å². The maximum atomic E-state index is 11.7. The molecule has 0 atom stereocenters. The first-order valence-corrected chi connectivity index (χ1v) is 6.55. The molecule has 0 fully saturated rings. The molecule has 0 bridgehead atoms. The molecule has 0 spiro atoms. The zero-order valence-electron chi connectivity index (χ0n) is 11.4. The minimum absolute atomic E-state index is 0.0534. The van der Waals surface area contributed by atoms with Crippen molar-refractivity contribution in [3.8, 4) is 0 Å². The Hall–Kier alpha value is -2.48. The highest BCUT2D eigenvalue weighted by Crippen LogP contribution is 2.28. The van der Waals surface area contributed by atoms with Crippen molar-refractivity contribution in [1.29, 1.82) is 0 Å². The van der Waals surface area contributed by atoms with Gasteiger partial charge in [-0.3, -0.25) is 9.59 Å². The molecule has 0 unspecified atom stereocenters. The lowest BCUT2D eigenvalue weighted by atomic mass is 9.95. The van der Waals surface area contributed by atoms with Crippen LogP contribution in [-0.2, 0) is 0 Å². The van der Waals surface area contributed by atoms with Gasteiger partial charge in [-0.25, -0.2) is 0 Å². The zero-order valence-corrected chi connectivity index (χ0v) is 11.4. The summed E-state index contributed by atoms with van der Waals surface area (Å²) < 4.78 is 0. The molecule has 2 heteroatoms. The van der Waals surface area contributed by atoms with Crippen molar-refractivity contribution in [2.24, 2.45) is 0 Å². The first-order chi connectivity index (χ1) is 9.58. The fraction of sp³-hybridized carbons (Fsp3) is 0.111. The van der Waals surface area contributed by atoms with Crippen LogP contribution >= 0.6 is 0 Å². The predicted molar refractivity (Wildman–Crippen MR) is 81.5 cm³/mol. The average Bonchev–Trinajstić information content (AvgIpc) is 2.43. The van der Waals surface area contributed by atoms with Crippen LogP contribution in [-0.4, -0.2) is 11.6 Å². The van der Waals surface area contributed by atoms with Crippen molar-refractivity contribution in [3.05, 3.63) is 59.7 Å². The fourth-order valence-corrected chi connectivity index (χ4v) is 2.67. The Bertz CT molecular complexity index is 786. The largest absolute Gasteiger partial charge is 0.294 e. The van der Waals surface area contributed by atoms with Gasteiger partial charge in [0.1, 0.15) is 0 Å². The molecular formula is C18H14O2. The standard InChI is InChI=1S/C18H14O2/c1-11(19)15-7-3-5-13-10-18-14(9-17(13)15)6-4-8-16(18)12(2)20/h3-10H,1-2H3. The molecule has 3 aromatic carbocycles. The number of fused-ring (bicyclic) bond motifs is 2. The summed E-state index contributed by atoms with van der Waals surface area (Å²) in [4.78, 5) is 23.4. The summed E-state index contributed by atoms with van der Waals surface area (Å²) in [5.41, 5.74) is 1.44. The third-order valence-corrected chi connectivity index (χ3v) is 3.64. The van der Waals surface area contributed by atoms with Crippen molar-refractivity contribution >= 4 is 33.1 Å². The van der Waals surface area contributed by atoms with Gasteiger partial charge < -0.3 is 0 Å². The van der Waals surface area contributed by atoms with E-state index in [4.69, 9.17) is 0 Å². The number of rotatable bonds is 2. The van der Waals surface area contributed by atoms with Gasteiger partial charge in [0.2, 0.25) is 0 Å². The summed E-state index contributed by atoms with van der Waals surface area (Å²) in [6.07, 6.45) is 0. The number of hydrogen-bond donors (Lipinski definition) is 0. The van der Waals surface area contributed by atoms with Gasteiger partial charge in [0.25, 0.3) is 0 Å². The molecular weight excluding hydrogens is 248 g/mol. The van der Waals surface area contributed by atoms with E-state index in [1.165, 1.54) is 0 Å². The van der Waals surface area contributed by atoms with Gasteiger partial charge in [0, 0.05) is 11.1 Å². The number of Topliss-reactive ketones (excluding diaryl/α,β-unsaturated/α-hetero) is 2. The first-order valence-electron chi connectivity index (χ1n) is 6.55. The molecule has 3 aromatic rings. The van der Waals surface area contributed by atoms with Gasteiger partial charge in [0.15, 0.2) is 11.6 Å². The summed E-state index contributed by atoms with van der Waals surface area (Å²) in [7, 11) is 0. The van der Waals surface area contributed by atoms with Crippen LogP contribution < -0.4 is 0 Å². The molecule has 0 saturated heterocycles. The van der Waals surface area contributed by atoms with Crippen molar-refractivity contribution in [2.45, 2.75) is 13.8 Å². The van der Waals surface area contributed by atoms with E-state index in [0.29, 0.717) is 0 Å². The van der Waals surface area contributed by atoms with E-state index in [2.05, 4.69) is 0 Å². The van der Waals surface area contributed by atoms with Gasteiger partial charge in [-0.05, 0) is 47.5 Å². The highest BCUT2D eigenvalue weighted by molar-refractivity contribution is 6.14. The van der Waals surface area contributed by atoms with Crippen LogP contribution in [0.5, 0.6) is 0 Å². The SMILES string of the molecule is CC(=O)c1cccc2cc3c(C(C)=O)cccc3cc12. The Morgan fingerprint density at radius 3 is 1.45 bits per heavy atom. The summed E-state index contributed by atoms with van der Waals surface area (Å²) in [6, 6.07) is 15.4. The van der Waals surface area contributed by atoms with Crippen LogP contribution in [0.25, 0.3) is 21.5 Å². The van der Waals surface area contributed by atoms with Gasteiger partial charge in [-0.15, -0.1) is 0 Å². The number of ketones is 2. The van der Waals surface area contributed by atoms with E-state index in [-0.39, 0.29) is 11.6 Å². The lowest BCUT2D eigenvalue weighted by Gasteiger charge is -2.08. The summed E-state index contributed by atoms with van der Waals surface area (Å²) in [5.74, 6) is 0.107. The van der Waals surface area contributed by atoms with E-state index in [0.717, 1.165) is 32.7 Å². The second kappa shape index (κ2) is 4.57. The maximum Gasteiger partial charge on any atom is 0.160 e. The molecule has 98 valence electrons. The fourth-order valence-electron chi connectivity index (χ4n) is 2.67. The molecule has 0 radical (unpaired) electrons. The van der Waals surface area contributed by atoms with Gasteiger partial charge in [-0.1, -0.05) is 36.4 Å². The number of benzene rings is 3. The minimum atomic E-state index is 0.0534. The van der Waals surface area contributed by atoms with Crippen molar-refractivity contribution in [2.75, 3.05) is 0 Å². The van der Waals surface area contributed by atoms with Gasteiger partial charge in [-0.2, -0.15) is 0 Å². The number of carbonyl (C=O) groups is 2. The second-order valence-electron chi connectivity index (χ2n) is 5.02. The van der Waals surface area contributed by atoms with Crippen LogP contribution in [0.4, 0.5) is 0 Å². The third-order valence-electron chi connectivity index (χ3n) is 3.64.